The number of nitrogens with two attached hydrogens (primary N) is 1. The van der Waals surface area contributed by atoms with Crippen LogP contribution < -0.4 is 5.73 Å². The van der Waals surface area contributed by atoms with Gasteiger partial charge in [-0.25, -0.2) is 0 Å². The van der Waals surface area contributed by atoms with E-state index in [9.17, 15) is 0 Å². The Morgan fingerprint density at radius 3 is 1.32 bits per heavy atom. The number of nitrogens with zero attached hydrogens (tertiary/aromatic N) is 5. The molecule has 50 heavy (non-hydrogen) atoms. The van der Waals surface area contributed by atoms with E-state index < -0.39 is 0 Å². The first-order valence-electron chi connectivity index (χ1n) is 15.3. The van der Waals surface area contributed by atoms with Gasteiger partial charge >= 0.3 is 0 Å². The first kappa shape index (κ1) is 36.4. The van der Waals surface area contributed by atoms with E-state index in [4.69, 9.17) is 28.9 Å². The van der Waals surface area contributed by atoms with Gasteiger partial charge in [-0.1, -0.05) is 176 Å². The molecule has 2 N–H and O–H groups in total. The van der Waals surface area contributed by atoms with Gasteiger partial charge in [-0.05, 0) is 48.5 Å². The van der Waals surface area contributed by atoms with Crippen LogP contribution in [0.15, 0.2) is 189 Å². The molecule has 7 rings (SSSR count). The van der Waals surface area contributed by atoms with E-state index in [1.165, 1.54) is 0 Å². The van der Waals surface area contributed by atoms with Gasteiger partial charge in [-0.3, -0.25) is 4.57 Å². The molecule has 0 aliphatic carbocycles. The number of rotatable bonds is 6. The summed E-state index contributed by atoms with van der Waals surface area (Å²) < 4.78 is 4.12. The number of para-hydroxylation sites is 2. The van der Waals surface area contributed by atoms with Crippen molar-refractivity contribution in [3.63, 3.8) is 0 Å². The lowest BCUT2D eigenvalue weighted by molar-refractivity contribution is 1.07. The summed E-state index contributed by atoms with van der Waals surface area (Å²) in [4.78, 5) is 0. The zero-order chi connectivity index (χ0) is 35.1. The van der Waals surface area contributed by atoms with Gasteiger partial charge in [0.1, 0.15) is 0 Å². The summed E-state index contributed by atoms with van der Waals surface area (Å²) in [6.45, 7) is 0. The second-order valence-electron chi connectivity index (χ2n) is 10.5. The number of anilines is 1. The molecule has 0 aliphatic rings. The lowest BCUT2D eigenvalue weighted by atomic mass is 10.1. The molecule has 1 aromatic heterocycles. The normalized spacial score (nSPS) is 11.1. The molecule has 0 spiro atoms. The molecule has 7 aromatic rings. The lowest BCUT2D eigenvalue weighted by Crippen LogP contribution is -2.00. The topological polar surface area (TPSA) is 81.5 Å². The maximum Gasteiger partial charge on any atom is 0.168 e. The third-order valence-corrected chi connectivity index (χ3v) is 8.58. The highest BCUT2D eigenvalue weighted by atomic mass is 79.9. The monoisotopic (exact) mass is 822 g/mol. The van der Waals surface area contributed by atoms with E-state index in [-0.39, 0.29) is 0 Å². The van der Waals surface area contributed by atoms with E-state index in [2.05, 4.69) is 81.1 Å². The Hall–Kier alpha value is -4.86. The van der Waals surface area contributed by atoms with Crippen LogP contribution in [0.4, 0.5) is 5.69 Å². The molecule has 0 radical (unpaired) electrons. The first-order valence-corrected chi connectivity index (χ1v) is 17.6. The first-order chi connectivity index (χ1) is 24.4. The smallest absolute Gasteiger partial charge is 0.168 e. The molecule has 0 saturated heterocycles. The molecule has 0 atom stereocenters. The second-order valence-corrected chi connectivity index (χ2v) is 13.0. The quantitative estimate of drug-likeness (QED) is 0.103. The predicted octanol–water partition coefficient (Wildman–Crippen LogP) is 11.7. The highest BCUT2D eigenvalue weighted by Gasteiger charge is 2.16. The van der Waals surface area contributed by atoms with E-state index in [1.807, 2.05) is 146 Å². The molecule has 10 heteroatoms. The summed E-state index contributed by atoms with van der Waals surface area (Å²) in [5.41, 5.74) is 10.9. The number of aromatic nitrogens is 3. The summed E-state index contributed by atoms with van der Waals surface area (Å²) in [6.07, 6.45) is 0. The van der Waals surface area contributed by atoms with Gasteiger partial charge in [-0.2, -0.15) is 0 Å². The molecule has 0 fully saturated rings. The van der Waals surface area contributed by atoms with Crippen LogP contribution in [0.5, 0.6) is 0 Å². The van der Waals surface area contributed by atoms with Crippen molar-refractivity contribution in [1.29, 1.82) is 0 Å². The minimum atomic E-state index is 0.293. The Morgan fingerprint density at radius 1 is 0.480 bits per heavy atom. The molecule has 0 bridgehead atoms. The minimum absolute atomic E-state index is 0.293. The summed E-state index contributed by atoms with van der Waals surface area (Å²) in [5, 5.41) is 17.4. The fourth-order valence-corrected chi connectivity index (χ4v) is 5.34. The van der Waals surface area contributed by atoms with Crippen molar-refractivity contribution >= 4 is 71.1 Å². The molecule has 6 nitrogen and oxygen atoms in total. The molecule has 248 valence electrons. The molecule has 0 amide bonds. The van der Waals surface area contributed by atoms with Crippen LogP contribution in [0.2, 0.25) is 0 Å². The van der Waals surface area contributed by atoms with Gasteiger partial charge in [0.25, 0.3) is 0 Å². The summed E-state index contributed by atoms with van der Waals surface area (Å²) in [6, 6.07) is 54.8. The molecular weight excluding hydrogens is 795 g/mol. The van der Waals surface area contributed by atoms with Crippen LogP contribution in [0.25, 0.3) is 28.5 Å². The molecule has 6 aromatic carbocycles. The number of hydrogen-bond acceptors (Lipinski definition) is 5. The SMILES string of the molecule is Brc1ccc(-c2nnc(-c3ccccc3)n2-c2ccccc2)cc1.Cl/C(=N\N=C(/Cl)c1ccc(Br)cc1)c1ccccc1.Nc1ccccc1. The van der Waals surface area contributed by atoms with Crippen LogP contribution in [-0.4, -0.2) is 25.1 Å². The van der Waals surface area contributed by atoms with Gasteiger partial charge in [0.05, 0.1) is 0 Å². The van der Waals surface area contributed by atoms with Crippen molar-refractivity contribution < 1.29 is 0 Å². The fraction of sp³-hybridized carbons (Fsp3) is 0. The number of halogens is 4. The van der Waals surface area contributed by atoms with Crippen LogP contribution in [0.3, 0.4) is 0 Å². The Balaban J connectivity index is 0.000000166. The zero-order valence-electron chi connectivity index (χ0n) is 26.5. The molecule has 0 unspecified atom stereocenters. The predicted molar refractivity (Wildman–Crippen MR) is 216 cm³/mol. The van der Waals surface area contributed by atoms with Crippen molar-refractivity contribution in [2.45, 2.75) is 0 Å². The summed E-state index contributed by atoms with van der Waals surface area (Å²) in [7, 11) is 0. The molecule has 0 saturated carbocycles. The van der Waals surface area contributed by atoms with E-state index in [0.29, 0.717) is 10.3 Å². The van der Waals surface area contributed by atoms with Crippen molar-refractivity contribution in [2.24, 2.45) is 10.2 Å². The van der Waals surface area contributed by atoms with Crippen LogP contribution in [-0.2, 0) is 0 Å². The standard InChI is InChI=1S/C20H14BrN3.C14H9BrCl2N2.C6H7N/c21-17-13-11-16(12-14-17)20-23-22-19(15-7-3-1-4-8-15)24(20)18-9-5-2-6-10-18;15-12-8-6-11(7-9-12)14(17)19-18-13(16)10-4-2-1-3-5-10;7-6-4-2-1-3-5-6/h1-14H;1-9H;1-5H,7H2/b;18-13-,19-14-;. The second kappa shape index (κ2) is 18.8. The van der Waals surface area contributed by atoms with Gasteiger partial charge in [0.15, 0.2) is 22.0 Å². The van der Waals surface area contributed by atoms with E-state index >= 15 is 0 Å². The van der Waals surface area contributed by atoms with Crippen molar-refractivity contribution in [2.75, 3.05) is 5.73 Å². The molecule has 0 aliphatic heterocycles. The van der Waals surface area contributed by atoms with Crippen molar-refractivity contribution in [1.82, 2.24) is 14.8 Å². The van der Waals surface area contributed by atoms with Crippen molar-refractivity contribution in [3.8, 4) is 28.5 Å². The Labute approximate surface area is 318 Å². The lowest BCUT2D eigenvalue weighted by Gasteiger charge is -2.10. The Morgan fingerprint density at radius 2 is 0.860 bits per heavy atom. The average molecular weight is 825 g/mol. The van der Waals surface area contributed by atoms with Gasteiger partial charge in [0, 0.05) is 42.6 Å². The highest BCUT2D eigenvalue weighted by molar-refractivity contribution is 9.10. The van der Waals surface area contributed by atoms with Gasteiger partial charge in [-0.15, -0.1) is 20.4 Å². The third-order valence-electron chi connectivity index (χ3n) is 6.93. The summed E-state index contributed by atoms with van der Waals surface area (Å²) >= 11 is 18.9. The highest BCUT2D eigenvalue weighted by Crippen LogP contribution is 2.29. The Kier molecular flexibility index (Phi) is 13.7. The van der Waals surface area contributed by atoms with Crippen LogP contribution >= 0.6 is 55.1 Å². The van der Waals surface area contributed by atoms with E-state index in [1.54, 1.807) is 0 Å². The number of benzene rings is 6. The van der Waals surface area contributed by atoms with Gasteiger partial charge < -0.3 is 5.73 Å². The largest absolute Gasteiger partial charge is 0.399 e. The molecule has 1 heterocycles. The van der Waals surface area contributed by atoms with Crippen LogP contribution in [0.1, 0.15) is 11.1 Å². The number of nitrogen functional groups attached to an aromatic ring is 1. The minimum Gasteiger partial charge on any atom is -0.399 e. The molecular formula is C40H30Br2Cl2N6. The van der Waals surface area contributed by atoms with E-state index in [0.717, 1.165) is 54.2 Å². The maximum absolute atomic E-state index is 6.06. The van der Waals surface area contributed by atoms with Gasteiger partial charge in [0.2, 0.25) is 0 Å². The average Bonchev–Trinajstić information content (AvgIpc) is 3.62. The maximum atomic E-state index is 6.06. The van der Waals surface area contributed by atoms with Crippen LogP contribution in [0, 0.1) is 0 Å². The Bertz CT molecular complexity index is 2120. The zero-order valence-corrected chi connectivity index (χ0v) is 31.2. The van der Waals surface area contributed by atoms with Crippen molar-refractivity contribution in [3.05, 3.63) is 190 Å². The third kappa shape index (κ3) is 10.6. The summed E-state index contributed by atoms with van der Waals surface area (Å²) in [5.74, 6) is 1.66. The fourth-order valence-electron chi connectivity index (χ4n) is 4.49. The number of hydrogen-bond donors (Lipinski definition) is 1.